The Morgan fingerprint density at radius 2 is 2.14 bits per heavy atom. The molecule has 0 spiro atoms. The van der Waals surface area contributed by atoms with Gasteiger partial charge < -0.3 is 10.1 Å². The lowest BCUT2D eigenvalue weighted by atomic mass is 9.76. The third-order valence-electron chi connectivity index (χ3n) is 4.80. The van der Waals surface area contributed by atoms with Crippen LogP contribution >= 0.6 is 0 Å². The Kier molecular flexibility index (Phi) is 4.22. The van der Waals surface area contributed by atoms with Gasteiger partial charge in [0.25, 0.3) is 0 Å². The average Bonchev–Trinajstić information content (AvgIpc) is 2.76. The van der Waals surface area contributed by atoms with Gasteiger partial charge in [0.05, 0.1) is 18.1 Å². The van der Waals surface area contributed by atoms with Gasteiger partial charge >= 0.3 is 0 Å². The molecule has 116 valence electrons. The fourth-order valence-electron chi connectivity index (χ4n) is 3.34. The number of nitrogens with one attached hydrogen (secondary N) is 1. The van der Waals surface area contributed by atoms with Crippen LogP contribution in [0.15, 0.2) is 24.3 Å². The predicted molar refractivity (Wildman–Crippen MR) is 83.6 cm³/mol. The summed E-state index contributed by atoms with van der Waals surface area (Å²) in [6.07, 6.45) is 3.81. The molecule has 5 heteroatoms. The van der Waals surface area contributed by atoms with Gasteiger partial charge in [0.2, 0.25) is 0 Å². The molecule has 2 fully saturated rings. The van der Waals surface area contributed by atoms with Crippen molar-refractivity contribution >= 4 is 9.84 Å². The van der Waals surface area contributed by atoms with Gasteiger partial charge in [-0.3, -0.25) is 0 Å². The molecule has 1 saturated heterocycles. The van der Waals surface area contributed by atoms with Gasteiger partial charge in [-0.05, 0) is 49.3 Å². The van der Waals surface area contributed by atoms with E-state index in [1.54, 1.807) is 7.11 Å². The van der Waals surface area contributed by atoms with E-state index >= 15 is 0 Å². The van der Waals surface area contributed by atoms with E-state index in [2.05, 4.69) is 17.4 Å². The standard InChI is InChI=1S/C16H23NO3S/c1-20-15-5-2-4-12(10-15)13-8-14(9-13)17-11-16-6-3-7-21(16,18)19/h2,4-5,10,13-14,16-17H,3,6-9,11H2,1H3. The van der Waals surface area contributed by atoms with Crippen molar-refractivity contribution in [2.75, 3.05) is 19.4 Å². The molecule has 1 atom stereocenters. The first-order valence-electron chi connectivity index (χ1n) is 7.67. The first-order chi connectivity index (χ1) is 10.1. The molecule has 1 unspecified atom stereocenters. The molecule has 0 amide bonds. The van der Waals surface area contributed by atoms with Crippen molar-refractivity contribution in [1.82, 2.24) is 5.32 Å². The van der Waals surface area contributed by atoms with Gasteiger partial charge in [-0.25, -0.2) is 8.42 Å². The maximum atomic E-state index is 11.8. The van der Waals surface area contributed by atoms with Crippen molar-refractivity contribution in [3.8, 4) is 5.75 Å². The van der Waals surface area contributed by atoms with E-state index in [1.807, 2.05) is 12.1 Å². The highest BCUT2D eigenvalue weighted by molar-refractivity contribution is 7.92. The smallest absolute Gasteiger partial charge is 0.154 e. The van der Waals surface area contributed by atoms with E-state index in [1.165, 1.54) is 5.56 Å². The fraction of sp³-hybridized carbons (Fsp3) is 0.625. The highest BCUT2D eigenvalue weighted by Crippen LogP contribution is 2.38. The van der Waals surface area contributed by atoms with Crippen LogP contribution in [-0.2, 0) is 9.84 Å². The van der Waals surface area contributed by atoms with Gasteiger partial charge in [0.1, 0.15) is 5.75 Å². The van der Waals surface area contributed by atoms with Crippen molar-refractivity contribution in [2.45, 2.75) is 42.9 Å². The normalized spacial score (nSPS) is 30.8. The molecule has 0 radical (unpaired) electrons. The van der Waals surface area contributed by atoms with Gasteiger partial charge in [0.15, 0.2) is 9.84 Å². The summed E-state index contributed by atoms with van der Waals surface area (Å²) in [5, 5.41) is 3.28. The van der Waals surface area contributed by atoms with E-state index in [-0.39, 0.29) is 5.25 Å². The number of methoxy groups -OCH3 is 1. The molecular weight excluding hydrogens is 286 g/mol. The van der Waals surface area contributed by atoms with Crippen LogP contribution in [0.5, 0.6) is 5.75 Å². The van der Waals surface area contributed by atoms with E-state index < -0.39 is 9.84 Å². The maximum absolute atomic E-state index is 11.8. The molecule has 4 nitrogen and oxygen atoms in total. The number of hydrogen-bond acceptors (Lipinski definition) is 4. The molecule has 1 aliphatic carbocycles. The first kappa shape index (κ1) is 14.9. The predicted octanol–water partition coefficient (Wildman–Crippen LogP) is 2.11. The number of ether oxygens (including phenoxy) is 1. The molecule has 0 bridgehead atoms. The minimum Gasteiger partial charge on any atom is -0.497 e. The molecule has 3 rings (SSSR count). The molecule has 1 heterocycles. The van der Waals surface area contributed by atoms with Gasteiger partial charge in [-0.1, -0.05) is 12.1 Å². The molecule has 1 N–H and O–H groups in total. The SMILES string of the molecule is COc1cccc(C2CC(NCC3CCCS3(=O)=O)C2)c1. The topological polar surface area (TPSA) is 55.4 Å². The number of sulfone groups is 1. The van der Waals surface area contributed by atoms with Crippen LogP contribution in [0.1, 0.15) is 37.2 Å². The van der Waals surface area contributed by atoms with Crippen molar-refractivity contribution in [1.29, 1.82) is 0 Å². The van der Waals surface area contributed by atoms with Crippen LogP contribution in [0, 0.1) is 0 Å². The molecular formula is C16H23NO3S. The van der Waals surface area contributed by atoms with Crippen LogP contribution < -0.4 is 10.1 Å². The van der Waals surface area contributed by atoms with E-state index in [9.17, 15) is 8.42 Å². The van der Waals surface area contributed by atoms with Crippen molar-refractivity contribution in [3.63, 3.8) is 0 Å². The highest BCUT2D eigenvalue weighted by atomic mass is 32.2. The summed E-state index contributed by atoms with van der Waals surface area (Å²) >= 11 is 0. The summed E-state index contributed by atoms with van der Waals surface area (Å²) in [6, 6.07) is 8.69. The quantitative estimate of drug-likeness (QED) is 0.905. The van der Waals surface area contributed by atoms with Crippen LogP contribution in [0.4, 0.5) is 0 Å². The molecule has 1 saturated carbocycles. The lowest BCUT2D eigenvalue weighted by Gasteiger charge is -2.37. The number of rotatable bonds is 5. The molecule has 1 aromatic carbocycles. The van der Waals surface area contributed by atoms with Crippen molar-refractivity contribution in [3.05, 3.63) is 29.8 Å². The zero-order valence-electron chi connectivity index (χ0n) is 12.4. The zero-order chi connectivity index (χ0) is 14.9. The van der Waals surface area contributed by atoms with Gasteiger partial charge in [-0.2, -0.15) is 0 Å². The van der Waals surface area contributed by atoms with Crippen molar-refractivity contribution < 1.29 is 13.2 Å². The lowest BCUT2D eigenvalue weighted by molar-refractivity contribution is 0.290. The monoisotopic (exact) mass is 309 g/mol. The van der Waals surface area contributed by atoms with Gasteiger partial charge in [0, 0.05) is 12.6 Å². The summed E-state index contributed by atoms with van der Waals surface area (Å²) < 4.78 is 28.8. The minimum atomic E-state index is -2.82. The summed E-state index contributed by atoms with van der Waals surface area (Å²) in [7, 11) is -1.13. The summed E-state index contributed by atoms with van der Waals surface area (Å²) in [5.74, 6) is 1.84. The first-order valence-corrected chi connectivity index (χ1v) is 9.39. The third kappa shape index (κ3) is 3.24. The Morgan fingerprint density at radius 3 is 2.81 bits per heavy atom. The lowest BCUT2D eigenvalue weighted by Crippen LogP contribution is -2.44. The van der Waals surface area contributed by atoms with E-state index in [4.69, 9.17) is 4.74 Å². The van der Waals surface area contributed by atoms with Crippen LogP contribution in [0.25, 0.3) is 0 Å². The second-order valence-corrected chi connectivity index (χ2v) is 8.58. The van der Waals surface area contributed by atoms with Gasteiger partial charge in [-0.15, -0.1) is 0 Å². The largest absolute Gasteiger partial charge is 0.497 e. The Hall–Kier alpha value is -1.07. The fourth-order valence-corrected chi connectivity index (χ4v) is 5.12. The Morgan fingerprint density at radius 1 is 1.33 bits per heavy atom. The number of hydrogen-bond donors (Lipinski definition) is 1. The second-order valence-electron chi connectivity index (χ2n) is 6.18. The summed E-state index contributed by atoms with van der Waals surface area (Å²) in [4.78, 5) is 0. The Bertz CT molecular complexity index is 593. The highest BCUT2D eigenvalue weighted by Gasteiger charge is 2.34. The number of benzene rings is 1. The molecule has 0 aromatic heterocycles. The summed E-state index contributed by atoms with van der Waals surface area (Å²) in [6.45, 7) is 0.623. The maximum Gasteiger partial charge on any atom is 0.154 e. The zero-order valence-corrected chi connectivity index (χ0v) is 13.2. The average molecular weight is 309 g/mol. The second kappa shape index (κ2) is 5.97. The molecule has 2 aliphatic rings. The molecule has 1 aliphatic heterocycles. The van der Waals surface area contributed by atoms with Crippen LogP contribution in [0.2, 0.25) is 0 Å². The Labute approximate surface area is 126 Å². The van der Waals surface area contributed by atoms with Crippen LogP contribution in [0.3, 0.4) is 0 Å². The molecule has 1 aromatic rings. The summed E-state index contributed by atoms with van der Waals surface area (Å²) in [5.41, 5.74) is 1.32. The molecule has 21 heavy (non-hydrogen) atoms. The van der Waals surface area contributed by atoms with Crippen LogP contribution in [-0.4, -0.2) is 39.1 Å². The Balaban J connectivity index is 1.47. The van der Waals surface area contributed by atoms with Crippen molar-refractivity contribution in [2.24, 2.45) is 0 Å². The third-order valence-corrected chi connectivity index (χ3v) is 7.08. The van der Waals surface area contributed by atoms with E-state index in [0.29, 0.717) is 24.3 Å². The van der Waals surface area contributed by atoms with E-state index in [0.717, 1.165) is 31.4 Å². The minimum absolute atomic E-state index is 0.159.